The van der Waals surface area contributed by atoms with Crippen LogP contribution in [0.4, 0.5) is 5.82 Å². The third-order valence-electron chi connectivity index (χ3n) is 5.07. The Kier molecular flexibility index (Phi) is 5.50. The first kappa shape index (κ1) is 20.0. The lowest BCUT2D eigenvalue weighted by Crippen LogP contribution is -2.49. The van der Waals surface area contributed by atoms with E-state index in [1.807, 2.05) is 36.4 Å². The van der Waals surface area contributed by atoms with Gasteiger partial charge in [0.25, 0.3) is 5.91 Å². The zero-order valence-corrected chi connectivity index (χ0v) is 17.4. The number of hydrogen-bond donors (Lipinski definition) is 0. The second-order valence-corrected chi connectivity index (χ2v) is 9.20. The first-order valence-corrected chi connectivity index (χ1v) is 11.5. The number of piperazine rings is 1. The number of carbonyl (C=O) groups is 1. The van der Waals surface area contributed by atoms with E-state index in [9.17, 15) is 13.2 Å². The Morgan fingerprint density at radius 3 is 2.37 bits per heavy atom. The van der Waals surface area contributed by atoms with Gasteiger partial charge in [0.05, 0.1) is 4.90 Å². The van der Waals surface area contributed by atoms with Crippen LogP contribution in [0, 0.1) is 0 Å². The maximum Gasteiger partial charge on any atom is 0.254 e. The number of benzene rings is 2. The Morgan fingerprint density at radius 1 is 0.933 bits per heavy atom. The molecular formula is C22H22N4O3S. The van der Waals surface area contributed by atoms with Gasteiger partial charge in [0.1, 0.15) is 5.82 Å². The summed E-state index contributed by atoms with van der Waals surface area (Å²) in [5.74, 6) is 1.34. The highest BCUT2D eigenvalue weighted by molar-refractivity contribution is 7.90. The van der Waals surface area contributed by atoms with Crippen LogP contribution in [-0.2, 0) is 9.84 Å². The maximum absolute atomic E-state index is 12.8. The summed E-state index contributed by atoms with van der Waals surface area (Å²) in [5.41, 5.74) is 1.35. The number of nitrogens with zero attached hydrogens (tertiary/aromatic N) is 4. The molecule has 4 rings (SSSR count). The van der Waals surface area contributed by atoms with Gasteiger partial charge in [-0.2, -0.15) is 0 Å². The molecule has 0 saturated carbocycles. The van der Waals surface area contributed by atoms with Crippen molar-refractivity contribution in [3.8, 4) is 11.4 Å². The predicted molar refractivity (Wildman–Crippen MR) is 115 cm³/mol. The van der Waals surface area contributed by atoms with E-state index in [-0.39, 0.29) is 10.8 Å². The number of carbonyl (C=O) groups excluding carboxylic acids is 1. The Labute approximate surface area is 175 Å². The third kappa shape index (κ3) is 4.33. The zero-order chi connectivity index (χ0) is 21.1. The smallest absolute Gasteiger partial charge is 0.254 e. The molecule has 0 spiro atoms. The number of amides is 1. The molecule has 1 aromatic heterocycles. The largest absolute Gasteiger partial charge is 0.353 e. The fourth-order valence-electron chi connectivity index (χ4n) is 3.43. The second kappa shape index (κ2) is 8.23. The summed E-state index contributed by atoms with van der Waals surface area (Å²) in [4.78, 5) is 25.9. The summed E-state index contributed by atoms with van der Waals surface area (Å²) in [5, 5.41) is 0. The topological polar surface area (TPSA) is 83.5 Å². The van der Waals surface area contributed by atoms with Crippen LogP contribution in [0.25, 0.3) is 11.4 Å². The summed E-state index contributed by atoms with van der Waals surface area (Å²) >= 11 is 0. The molecule has 1 aliphatic rings. The van der Waals surface area contributed by atoms with E-state index in [1.165, 1.54) is 12.1 Å². The van der Waals surface area contributed by atoms with E-state index in [4.69, 9.17) is 0 Å². The summed E-state index contributed by atoms with van der Waals surface area (Å²) < 4.78 is 23.5. The molecule has 30 heavy (non-hydrogen) atoms. The van der Waals surface area contributed by atoms with Crippen LogP contribution in [0.3, 0.4) is 0 Å². The molecule has 0 bridgehead atoms. The molecule has 3 aromatic rings. The molecule has 2 heterocycles. The van der Waals surface area contributed by atoms with Crippen LogP contribution in [0.1, 0.15) is 10.4 Å². The van der Waals surface area contributed by atoms with Crippen molar-refractivity contribution < 1.29 is 13.2 Å². The molecule has 0 aliphatic carbocycles. The number of aromatic nitrogens is 2. The normalized spacial score (nSPS) is 14.6. The molecule has 1 amide bonds. The monoisotopic (exact) mass is 422 g/mol. The molecule has 1 fully saturated rings. The molecular weight excluding hydrogens is 400 g/mol. The van der Waals surface area contributed by atoms with Crippen molar-refractivity contribution in [1.29, 1.82) is 0 Å². The molecule has 1 aliphatic heterocycles. The van der Waals surface area contributed by atoms with Gasteiger partial charge in [0.15, 0.2) is 15.7 Å². The van der Waals surface area contributed by atoms with E-state index in [0.29, 0.717) is 37.6 Å². The van der Waals surface area contributed by atoms with Crippen LogP contribution in [-0.4, -0.2) is 61.6 Å². The highest BCUT2D eigenvalue weighted by atomic mass is 32.2. The summed E-state index contributed by atoms with van der Waals surface area (Å²) in [6.45, 7) is 2.35. The average molecular weight is 423 g/mol. The van der Waals surface area contributed by atoms with Crippen molar-refractivity contribution >= 4 is 21.6 Å². The Morgan fingerprint density at radius 2 is 1.67 bits per heavy atom. The van der Waals surface area contributed by atoms with E-state index < -0.39 is 9.84 Å². The minimum atomic E-state index is -3.35. The van der Waals surface area contributed by atoms with Gasteiger partial charge in [-0.1, -0.05) is 36.4 Å². The quantitative estimate of drug-likeness (QED) is 0.642. The number of sulfone groups is 1. The van der Waals surface area contributed by atoms with Gasteiger partial charge in [0.2, 0.25) is 0 Å². The number of anilines is 1. The van der Waals surface area contributed by atoms with Crippen molar-refractivity contribution in [2.75, 3.05) is 37.3 Å². The molecule has 0 unspecified atom stereocenters. The van der Waals surface area contributed by atoms with E-state index in [0.717, 1.165) is 17.6 Å². The van der Waals surface area contributed by atoms with Crippen molar-refractivity contribution in [2.24, 2.45) is 0 Å². The first-order valence-electron chi connectivity index (χ1n) is 9.65. The van der Waals surface area contributed by atoms with Crippen LogP contribution in [0.2, 0.25) is 0 Å². The molecule has 0 atom stereocenters. The van der Waals surface area contributed by atoms with Crippen molar-refractivity contribution in [3.05, 3.63) is 72.4 Å². The number of hydrogen-bond acceptors (Lipinski definition) is 6. The van der Waals surface area contributed by atoms with Crippen LogP contribution in [0.5, 0.6) is 0 Å². The van der Waals surface area contributed by atoms with Gasteiger partial charge < -0.3 is 9.80 Å². The summed E-state index contributed by atoms with van der Waals surface area (Å²) in [6.07, 6.45) is 2.89. The van der Waals surface area contributed by atoms with E-state index in [1.54, 1.807) is 23.2 Å². The Balaban J connectivity index is 1.45. The fraction of sp³-hybridized carbons (Fsp3) is 0.227. The third-order valence-corrected chi connectivity index (χ3v) is 6.18. The Hall–Kier alpha value is -3.26. The van der Waals surface area contributed by atoms with Gasteiger partial charge in [-0.3, -0.25) is 4.79 Å². The maximum atomic E-state index is 12.8. The minimum absolute atomic E-state index is 0.154. The molecule has 154 valence electrons. The molecule has 8 heteroatoms. The summed E-state index contributed by atoms with van der Waals surface area (Å²) in [7, 11) is -3.35. The van der Waals surface area contributed by atoms with Crippen molar-refractivity contribution in [1.82, 2.24) is 14.9 Å². The van der Waals surface area contributed by atoms with Crippen LogP contribution >= 0.6 is 0 Å². The van der Waals surface area contributed by atoms with Gasteiger partial charge in [-0.05, 0) is 24.3 Å². The fourth-order valence-corrected chi connectivity index (χ4v) is 4.10. The van der Waals surface area contributed by atoms with Gasteiger partial charge in [-0.25, -0.2) is 18.4 Å². The Bertz CT molecular complexity index is 1160. The molecule has 2 aromatic carbocycles. The molecule has 0 radical (unpaired) electrons. The minimum Gasteiger partial charge on any atom is -0.353 e. The summed E-state index contributed by atoms with van der Waals surface area (Å²) in [6, 6.07) is 17.9. The van der Waals surface area contributed by atoms with Crippen molar-refractivity contribution in [3.63, 3.8) is 0 Å². The molecule has 0 N–H and O–H groups in total. The highest BCUT2D eigenvalue weighted by Gasteiger charge is 2.24. The van der Waals surface area contributed by atoms with Gasteiger partial charge in [0, 0.05) is 49.8 Å². The lowest BCUT2D eigenvalue weighted by Gasteiger charge is -2.35. The lowest BCUT2D eigenvalue weighted by atomic mass is 10.2. The average Bonchev–Trinajstić information content (AvgIpc) is 2.79. The second-order valence-electron chi connectivity index (χ2n) is 7.18. The zero-order valence-electron chi connectivity index (χ0n) is 16.6. The highest BCUT2D eigenvalue weighted by Crippen LogP contribution is 2.20. The van der Waals surface area contributed by atoms with E-state index >= 15 is 0 Å². The predicted octanol–water partition coefficient (Wildman–Crippen LogP) is 2.51. The molecule has 7 nitrogen and oxygen atoms in total. The van der Waals surface area contributed by atoms with E-state index in [2.05, 4.69) is 14.9 Å². The van der Waals surface area contributed by atoms with Crippen LogP contribution in [0.15, 0.2) is 71.8 Å². The van der Waals surface area contributed by atoms with Gasteiger partial charge >= 0.3 is 0 Å². The first-order chi connectivity index (χ1) is 14.4. The van der Waals surface area contributed by atoms with Gasteiger partial charge in [-0.15, -0.1) is 0 Å². The van der Waals surface area contributed by atoms with Crippen molar-refractivity contribution in [2.45, 2.75) is 4.90 Å². The lowest BCUT2D eigenvalue weighted by molar-refractivity contribution is 0.0746. The molecule has 1 saturated heterocycles. The number of rotatable bonds is 4. The SMILES string of the molecule is CS(=O)(=O)c1cccc(C(=O)N2CCN(c3ccnc(-c4ccccc4)n3)CC2)c1. The van der Waals surface area contributed by atoms with Crippen LogP contribution < -0.4 is 4.90 Å². The standard InChI is InChI=1S/C22H22N4O3S/c1-30(28,29)19-9-5-8-18(16-19)22(27)26-14-12-25(13-15-26)20-10-11-23-21(24-20)17-6-3-2-4-7-17/h2-11,16H,12-15H2,1H3.